The standard InChI is InChI=1S/C17H21NS/c1-2-13-6-8-14(9-7-13)12-18-16-4-3-5-17-15(16)10-11-19-17/h6-11,16,18H,2-5,12H2,1H3. The molecule has 2 heteroatoms. The lowest BCUT2D eigenvalue weighted by Crippen LogP contribution is -2.23. The van der Waals surface area contributed by atoms with E-state index in [4.69, 9.17) is 0 Å². The fourth-order valence-corrected chi connectivity index (χ4v) is 3.82. The Kier molecular flexibility index (Phi) is 4.00. The van der Waals surface area contributed by atoms with E-state index in [1.807, 2.05) is 11.3 Å². The Morgan fingerprint density at radius 3 is 2.74 bits per heavy atom. The first-order chi connectivity index (χ1) is 9.36. The van der Waals surface area contributed by atoms with Crippen LogP contribution in [0.5, 0.6) is 0 Å². The van der Waals surface area contributed by atoms with Crippen LogP contribution >= 0.6 is 11.3 Å². The molecule has 0 spiro atoms. The van der Waals surface area contributed by atoms with Crippen LogP contribution in [0.2, 0.25) is 0 Å². The molecule has 1 nitrogen and oxygen atoms in total. The second-order valence-corrected chi connectivity index (χ2v) is 6.30. The lowest BCUT2D eigenvalue weighted by atomic mass is 9.94. The number of hydrogen-bond donors (Lipinski definition) is 1. The molecule has 0 bridgehead atoms. The summed E-state index contributed by atoms with van der Waals surface area (Å²) in [4.78, 5) is 1.59. The summed E-state index contributed by atoms with van der Waals surface area (Å²) in [6.45, 7) is 3.18. The Balaban J connectivity index is 1.64. The average Bonchev–Trinajstić information content (AvgIpc) is 2.94. The van der Waals surface area contributed by atoms with E-state index in [1.165, 1.54) is 30.4 Å². The lowest BCUT2D eigenvalue weighted by molar-refractivity contribution is 0.463. The third kappa shape index (κ3) is 2.90. The second-order valence-electron chi connectivity index (χ2n) is 5.29. The van der Waals surface area contributed by atoms with Gasteiger partial charge in [0.05, 0.1) is 0 Å². The molecule has 3 rings (SSSR count). The van der Waals surface area contributed by atoms with Crippen LogP contribution in [0.3, 0.4) is 0 Å². The largest absolute Gasteiger partial charge is 0.306 e. The van der Waals surface area contributed by atoms with Gasteiger partial charge in [0.1, 0.15) is 0 Å². The minimum Gasteiger partial charge on any atom is -0.306 e. The quantitative estimate of drug-likeness (QED) is 0.864. The number of benzene rings is 1. The van der Waals surface area contributed by atoms with Crippen LogP contribution in [0.15, 0.2) is 35.7 Å². The summed E-state index contributed by atoms with van der Waals surface area (Å²) in [5, 5.41) is 5.96. The number of thiophene rings is 1. The van der Waals surface area contributed by atoms with Crippen LogP contribution in [0.1, 0.15) is 47.4 Å². The van der Waals surface area contributed by atoms with Gasteiger partial charge in [0, 0.05) is 17.5 Å². The zero-order chi connectivity index (χ0) is 13.1. The summed E-state index contributed by atoms with van der Waals surface area (Å²) in [5.41, 5.74) is 4.35. The van der Waals surface area contributed by atoms with E-state index in [2.05, 4.69) is 48.0 Å². The first kappa shape index (κ1) is 12.9. The van der Waals surface area contributed by atoms with Crippen LogP contribution < -0.4 is 5.32 Å². The molecule has 1 N–H and O–H groups in total. The van der Waals surface area contributed by atoms with Crippen molar-refractivity contribution in [3.05, 3.63) is 57.3 Å². The Labute approximate surface area is 119 Å². The van der Waals surface area contributed by atoms with E-state index in [-0.39, 0.29) is 0 Å². The molecular formula is C17H21NS. The highest BCUT2D eigenvalue weighted by Gasteiger charge is 2.20. The van der Waals surface area contributed by atoms with Crippen molar-refractivity contribution < 1.29 is 0 Å². The predicted octanol–water partition coefficient (Wildman–Crippen LogP) is 4.48. The fourth-order valence-electron chi connectivity index (χ4n) is 2.83. The summed E-state index contributed by atoms with van der Waals surface area (Å²) in [6, 6.07) is 11.9. The summed E-state index contributed by atoms with van der Waals surface area (Å²) in [6.07, 6.45) is 4.99. The number of fused-ring (bicyclic) bond motifs is 1. The molecule has 1 aliphatic rings. The minimum absolute atomic E-state index is 0.556. The maximum atomic E-state index is 3.72. The first-order valence-electron chi connectivity index (χ1n) is 7.24. The molecule has 0 saturated heterocycles. The van der Waals surface area contributed by atoms with Crippen molar-refractivity contribution in [3.63, 3.8) is 0 Å². The molecule has 0 amide bonds. The Morgan fingerprint density at radius 2 is 1.95 bits per heavy atom. The number of nitrogens with one attached hydrogen (secondary N) is 1. The first-order valence-corrected chi connectivity index (χ1v) is 8.12. The van der Waals surface area contributed by atoms with Gasteiger partial charge in [-0.3, -0.25) is 0 Å². The van der Waals surface area contributed by atoms with Crippen molar-refractivity contribution >= 4 is 11.3 Å². The lowest BCUT2D eigenvalue weighted by Gasteiger charge is -2.24. The molecule has 1 aliphatic carbocycles. The van der Waals surface area contributed by atoms with Gasteiger partial charge in [-0.2, -0.15) is 0 Å². The molecule has 0 radical (unpaired) electrons. The average molecular weight is 271 g/mol. The molecule has 0 fully saturated rings. The van der Waals surface area contributed by atoms with Gasteiger partial charge in [-0.1, -0.05) is 31.2 Å². The van der Waals surface area contributed by atoms with Gasteiger partial charge in [-0.25, -0.2) is 0 Å². The van der Waals surface area contributed by atoms with E-state index >= 15 is 0 Å². The smallest absolute Gasteiger partial charge is 0.0334 e. The van der Waals surface area contributed by atoms with Crippen LogP contribution in [0.4, 0.5) is 0 Å². The van der Waals surface area contributed by atoms with Gasteiger partial charge in [-0.15, -0.1) is 11.3 Å². The molecule has 2 aromatic rings. The van der Waals surface area contributed by atoms with Crippen molar-refractivity contribution in [2.75, 3.05) is 0 Å². The van der Waals surface area contributed by atoms with Crippen LogP contribution in [-0.4, -0.2) is 0 Å². The normalized spacial score (nSPS) is 18.3. The van der Waals surface area contributed by atoms with Gasteiger partial charge in [0.2, 0.25) is 0 Å². The molecular weight excluding hydrogens is 250 g/mol. The molecule has 0 aliphatic heterocycles. The SMILES string of the molecule is CCc1ccc(CNC2CCCc3sccc32)cc1. The topological polar surface area (TPSA) is 12.0 Å². The van der Waals surface area contributed by atoms with E-state index in [1.54, 1.807) is 10.4 Å². The van der Waals surface area contributed by atoms with Crippen molar-refractivity contribution in [1.29, 1.82) is 0 Å². The Morgan fingerprint density at radius 1 is 1.16 bits per heavy atom. The maximum absolute atomic E-state index is 3.72. The van der Waals surface area contributed by atoms with Crippen LogP contribution in [0, 0.1) is 0 Å². The van der Waals surface area contributed by atoms with E-state index in [9.17, 15) is 0 Å². The highest BCUT2D eigenvalue weighted by atomic mass is 32.1. The highest BCUT2D eigenvalue weighted by molar-refractivity contribution is 7.10. The zero-order valence-corrected chi connectivity index (χ0v) is 12.3. The highest BCUT2D eigenvalue weighted by Crippen LogP contribution is 2.33. The molecule has 0 saturated carbocycles. The Hall–Kier alpha value is -1.12. The van der Waals surface area contributed by atoms with Crippen molar-refractivity contribution in [2.24, 2.45) is 0 Å². The molecule has 1 heterocycles. The fraction of sp³-hybridized carbons (Fsp3) is 0.412. The van der Waals surface area contributed by atoms with Crippen molar-refractivity contribution in [2.45, 2.75) is 45.2 Å². The zero-order valence-electron chi connectivity index (χ0n) is 11.5. The molecule has 1 atom stereocenters. The van der Waals surface area contributed by atoms with E-state index < -0.39 is 0 Å². The number of aryl methyl sites for hydroxylation is 2. The van der Waals surface area contributed by atoms with Crippen LogP contribution in [-0.2, 0) is 19.4 Å². The van der Waals surface area contributed by atoms with Crippen molar-refractivity contribution in [3.8, 4) is 0 Å². The minimum atomic E-state index is 0.556. The molecule has 1 aromatic heterocycles. The summed E-state index contributed by atoms with van der Waals surface area (Å²) < 4.78 is 0. The van der Waals surface area contributed by atoms with Gasteiger partial charge in [0.25, 0.3) is 0 Å². The number of rotatable bonds is 4. The summed E-state index contributed by atoms with van der Waals surface area (Å²) in [5.74, 6) is 0. The maximum Gasteiger partial charge on any atom is 0.0334 e. The molecule has 1 unspecified atom stereocenters. The van der Waals surface area contributed by atoms with Gasteiger partial charge >= 0.3 is 0 Å². The van der Waals surface area contributed by atoms with Crippen LogP contribution in [0.25, 0.3) is 0 Å². The van der Waals surface area contributed by atoms with E-state index in [0.717, 1.165) is 13.0 Å². The van der Waals surface area contributed by atoms with Gasteiger partial charge < -0.3 is 5.32 Å². The summed E-state index contributed by atoms with van der Waals surface area (Å²) >= 11 is 1.92. The van der Waals surface area contributed by atoms with Gasteiger partial charge in [0.15, 0.2) is 0 Å². The van der Waals surface area contributed by atoms with Crippen molar-refractivity contribution in [1.82, 2.24) is 5.32 Å². The number of hydrogen-bond acceptors (Lipinski definition) is 2. The third-order valence-corrected chi connectivity index (χ3v) is 5.03. The van der Waals surface area contributed by atoms with E-state index in [0.29, 0.717) is 6.04 Å². The third-order valence-electron chi connectivity index (χ3n) is 4.04. The second kappa shape index (κ2) is 5.89. The predicted molar refractivity (Wildman–Crippen MR) is 82.7 cm³/mol. The molecule has 100 valence electrons. The van der Waals surface area contributed by atoms with Gasteiger partial charge in [-0.05, 0) is 53.8 Å². The Bertz CT molecular complexity index is 526. The molecule has 1 aromatic carbocycles. The molecule has 19 heavy (non-hydrogen) atoms. The summed E-state index contributed by atoms with van der Waals surface area (Å²) in [7, 11) is 0. The monoisotopic (exact) mass is 271 g/mol.